The number of nitrogens with one attached hydrogen (secondary N) is 1. The molecule has 2 aromatic rings. The first-order valence-corrected chi connectivity index (χ1v) is 6.07. The number of carbonyl (C=O) groups excluding carboxylic acids is 1. The third kappa shape index (κ3) is 4.52. The molecule has 0 saturated carbocycles. The van der Waals surface area contributed by atoms with Gasteiger partial charge in [-0.1, -0.05) is 17.7 Å². The highest BCUT2D eigenvalue weighted by atomic mass is 19.4. The van der Waals surface area contributed by atoms with Gasteiger partial charge >= 0.3 is 6.36 Å². The number of hydrogen-bond donors (Lipinski definition) is 1. The molecule has 0 aliphatic rings. The average molecular weight is 295 g/mol. The van der Waals surface area contributed by atoms with Gasteiger partial charge in [0.25, 0.3) is 5.91 Å². The highest BCUT2D eigenvalue weighted by molar-refractivity contribution is 6.04. The van der Waals surface area contributed by atoms with Crippen LogP contribution in [0.4, 0.5) is 18.9 Å². The van der Waals surface area contributed by atoms with E-state index in [9.17, 15) is 18.0 Å². The summed E-state index contributed by atoms with van der Waals surface area (Å²) in [4.78, 5) is 11.9. The molecule has 0 spiro atoms. The molecule has 2 aromatic carbocycles. The normalized spacial score (nSPS) is 11.0. The van der Waals surface area contributed by atoms with Gasteiger partial charge in [0.15, 0.2) is 0 Å². The Labute approximate surface area is 119 Å². The molecule has 1 amide bonds. The maximum absolute atomic E-state index is 12.0. The number of ether oxygens (including phenoxy) is 1. The minimum absolute atomic E-state index is 0.241. The van der Waals surface area contributed by atoms with Gasteiger partial charge in [0.1, 0.15) is 5.75 Å². The first-order chi connectivity index (χ1) is 9.83. The van der Waals surface area contributed by atoms with Gasteiger partial charge in [0.05, 0.1) is 0 Å². The first kappa shape index (κ1) is 14.9. The molecule has 0 aromatic heterocycles. The number of hydrogen-bond acceptors (Lipinski definition) is 2. The van der Waals surface area contributed by atoms with Crippen molar-refractivity contribution in [1.29, 1.82) is 0 Å². The summed E-state index contributed by atoms with van der Waals surface area (Å²) >= 11 is 0. The van der Waals surface area contributed by atoms with Crippen LogP contribution >= 0.6 is 0 Å². The summed E-state index contributed by atoms with van der Waals surface area (Å²) in [6, 6.07) is 11.9. The van der Waals surface area contributed by atoms with Crippen LogP contribution in [0.15, 0.2) is 48.5 Å². The fraction of sp³-hybridized carbons (Fsp3) is 0.133. The van der Waals surface area contributed by atoms with Gasteiger partial charge in [-0.3, -0.25) is 4.79 Å². The molecule has 0 atom stereocenters. The zero-order valence-corrected chi connectivity index (χ0v) is 11.1. The van der Waals surface area contributed by atoms with Crippen molar-refractivity contribution in [2.45, 2.75) is 13.3 Å². The Morgan fingerprint density at radius 3 is 2.10 bits per heavy atom. The van der Waals surface area contributed by atoms with Gasteiger partial charge in [0.2, 0.25) is 0 Å². The maximum Gasteiger partial charge on any atom is 0.573 e. The van der Waals surface area contributed by atoms with Crippen molar-refractivity contribution in [2.24, 2.45) is 0 Å². The van der Waals surface area contributed by atoms with Crippen LogP contribution in [0.2, 0.25) is 0 Å². The molecule has 2 rings (SSSR count). The van der Waals surface area contributed by atoms with Crippen LogP contribution < -0.4 is 10.1 Å². The van der Waals surface area contributed by atoms with Gasteiger partial charge in [0, 0.05) is 11.3 Å². The quantitative estimate of drug-likeness (QED) is 0.924. The van der Waals surface area contributed by atoms with E-state index in [1.54, 1.807) is 12.1 Å². The molecule has 21 heavy (non-hydrogen) atoms. The van der Waals surface area contributed by atoms with Crippen LogP contribution in [0.1, 0.15) is 15.9 Å². The van der Waals surface area contributed by atoms with E-state index in [1.807, 2.05) is 19.1 Å². The topological polar surface area (TPSA) is 38.3 Å². The van der Waals surface area contributed by atoms with Crippen LogP contribution in [0.25, 0.3) is 0 Å². The maximum atomic E-state index is 12.0. The molecule has 0 unspecified atom stereocenters. The number of amides is 1. The zero-order valence-electron chi connectivity index (χ0n) is 11.1. The second kappa shape index (κ2) is 5.87. The van der Waals surface area contributed by atoms with Gasteiger partial charge in [-0.05, 0) is 43.3 Å². The molecule has 0 bridgehead atoms. The van der Waals surface area contributed by atoms with Crippen molar-refractivity contribution in [1.82, 2.24) is 0 Å². The van der Waals surface area contributed by atoms with Gasteiger partial charge in [-0.25, -0.2) is 0 Å². The van der Waals surface area contributed by atoms with Crippen molar-refractivity contribution in [2.75, 3.05) is 5.32 Å². The van der Waals surface area contributed by atoms with Crippen LogP contribution in [0, 0.1) is 6.92 Å². The highest BCUT2D eigenvalue weighted by Crippen LogP contribution is 2.23. The zero-order chi connectivity index (χ0) is 15.5. The van der Waals surface area contributed by atoms with Crippen LogP contribution in [0.3, 0.4) is 0 Å². The average Bonchev–Trinajstić information content (AvgIpc) is 2.40. The Bertz CT molecular complexity index is 619. The van der Waals surface area contributed by atoms with E-state index in [0.717, 1.165) is 17.7 Å². The molecule has 0 aliphatic heterocycles. The SMILES string of the molecule is Cc1ccc(NC(=O)c2ccc(OC(F)(F)F)cc2)cc1. The molecule has 0 heterocycles. The van der Waals surface area contributed by atoms with E-state index in [0.29, 0.717) is 5.69 Å². The number of halogens is 3. The second-order valence-corrected chi connectivity index (χ2v) is 4.39. The number of anilines is 1. The summed E-state index contributed by atoms with van der Waals surface area (Å²) < 4.78 is 39.8. The van der Waals surface area contributed by atoms with Gasteiger partial charge in [-0.2, -0.15) is 0 Å². The Balaban J connectivity index is 2.04. The summed E-state index contributed by atoms with van der Waals surface area (Å²) in [6.45, 7) is 1.92. The largest absolute Gasteiger partial charge is 0.573 e. The Morgan fingerprint density at radius 1 is 1.00 bits per heavy atom. The predicted octanol–water partition coefficient (Wildman–Crippen LogP) is 4.15. The van der Waals surface area contributed by atoms with E-state index in [-0.39, 0.29) is 11.3 Å². The smallest absolute Gasteiger partial charge is 0.406 e. The van der Waals surface area contributed by atoms with E-state index in [1.165, 1.54) is 12.1 Å². The molecule has 0 aliphatic carbocycles. The molecule has 0 fully saturated rings. The van der Waals surface area contributed by atoms with Crippen LogP contribution in [0.5, 0.6) is 5.75 Å². The molecule has 0 saturated heterocycles. The summed E-state index contributed by atoms with van der Waals surface area (Å²) in [7, 11) is 0. The minimum Gasteiger partial charge on any atom is -0.406 e. The van der Waals surface area contributed by atoms with Crippen LogP contribution in [-0.4, -0.2) is 12.3 Å². The Morgan fingerprint density at radius 2 is 1.57 bits per heavy atom. The first-order valence-electron chi connectivity index (χ1n) is 6.07. The number of benzene rings is 2. The van der Waals surface area contributed by atoms with E-state index in [2.05, 4.69) is 10.1 Å². The third-order valence-electron chi connectivity index (χ3n) is 2.66. The number of aryl methyl sites for hydroxylation is 1. The monoisotopic (exact) mass is 295 g/mol. The van der Waals surface area contributed by atoms with Gasteiger partial charge < -0.3 is 10.1 Å². The lowest BCUT2D eigenvalue weighted by molar-refractivity contribution is -0.274. The fourth-order valence-corrected chi connectivity index (χ4v) is 1.65. The lowest BCUT2D eigenvalue weighted by Crippen LogP contribution is -2.17. The molecule has 3 nitrogen and oxygen atoms in total. The summed E-state index contributed by atoms with van der Waals surface area (Å²) in [5.74, 6) is -0.771. The van der Waals surface area contributed by atoms with E-state index >= 15 is 0 Å². The number of carbonyl (C=O) groups is 1. The van der Waals surface area contributed by atoms with E-state index in [4.69, 9.17) is 0 Å². The summed E-state index contributed by atoms with van der Waals surface area (Å²) in [5.41, 5.74) is 1.91. The summed E-state index contributed by atoms with van der Waals surface area (Å²) in [5, 5.41) is 2.65. The molecule has 6 heteroatoms. The fourth-order valence-electron chi connectivity index (χ4n) is 1.65. The minimum atomic E-state index is -4.74. The molecular formula is C15H12F3NO2. The second-order valence-electron chi connectivity index (χ2n) is 4.39. The molecular weight excluding hydrogens is 283 g/mol. The molecule has 1 N–H and O–H groups in total. The predicted molar refractivity (Wildman–Crippen MR) is 72.3 cm³/mol. The highest BCUT2D eigenvalue weighted by Gasteiger charge is 2.31. The van der Waals surface area contributed by atoms with Crippen LogP contribution in [-0.2, 0) is 0 Å². The van der Waals surface area contributed by atoms with Crippen molar-refractivity contribution >= 4 is 11.6 Å². The molecule has 110 valence electrons. The standard InChI is InChI=1S/C15H12F3NO2/c1-10-2-6-12(7-3-10)19-14(20)11-4-8-13(9-5-11)21-15(16,17)18/h2-9H,1H3,(H,19,20). The number of alkyl halides is 3. The van der Waals surface area contributed by atoms with E-state index < -0.39 is 12.3 Å². The lowest BCUT2D eigenvalue weighted by Gasteiger charge is -2.09. The van der Waals surface area contributed by atoms with Crippen molar-refractivity contribution in [3.05, 3.63) is 59.7 Å². The molecule has 0 radical (unpaired) electrons. The third-order valence-corrected chi connectivity index (χ3v) is 2.66. The number of rotatable bonds is 3. The Hall–Kier alpha value is -2.50. The summed E-state index contributed by atoms with van der Waals surface area (Å²) in [6.07, 6.45) is -4.74. The van der Waals surface area contributed by atoms with Gasteiger partial charge in [-0.15, -0.1) is 13.2 Å². The van der Waals surface area contributed by atoms with Crippen molar-refractivity contribution < 1.29 is 22.7 Å². The Kier molecular flexibility index (Phi) is 4.16. The van der Waals surface area contributed by atoms with Crippen molar-refractivity contribution in [3.63, 3.8) is 0 Å². The lowest BCUT2D eigenvalue weighted by atomic mass is 10.2. The van der Waals surface area contributed by atoms with Crippen molar-refractivity contribution in [3.8, 4) is 5.75 Å².